The maximum Gasteiger partial charge on any atom is 0.305 e. The summed E-state index contributed by atoms with van der Waals surface area (Å²) >= 11 is 0. The molecule has 0 heterocycles. The number of halogens is 1. The molecule has 0 aromatic rings. The summed E-state index contributed by atoms with van der Waals surface area (Å²) in [7, 11) is 1.37. The van der Waals surface area contributed by atoms with Gasteiger partial charge in [-0.1, -0.05) is 49.8 Å². The first-order chi connectivity index (χ1) is 13.6. The Kier molecular flexibility index (Phi) is 10.8. The molecule has 4 nitrogen and oxygen atoms in total. The van der Waals surface area contributed by atoms with Crippen LogP contribution in [-0.4, -0.2) is 41.7 Å². The van der Waals surface area contributed by atoms with Crippen molar-refractivity contribution in [2.24, 2.45) is 17.3 Å². The van der Waals surface area contributed by atoms with Crippen molar-refractivity contribution in [3.63, 3.8) is 0 Å². The molecule has 0 bridgehead atoms. The van der Waals surface area contributed by atoms with Crippen LogP contribution in [0, 0.1) is 17.3 Å². The Morgan fingerprint density at radius 1 is 1.31 bits per heavy atom. The van der Waals surface area contributed by atoms with Crippen LogP contribution >= 0.6 is 0 Å². The van der Waals surface area contributed by atoms with E-state index in [-0.39, 0.29) is 29.6 Å². The molecule has 1 rings (SSSR count). The first-order valence-electron chi connectivity index (χ1n) is 10.6. The van der Waals surface area contributed by atoms with Crippen molar-refractivity contribution in [2.45, 2.75) is 84.6 Å². The van der Waals surface area contributed by atoms with Crippen LogP contribution in [0.15, 0.2) is 36.0 Å². The van der Waals surface area contributed by atoms with Gasteiger partial charge in [0, 0.05) is 24.7 Å². The molecule has 1 fully saturated rings. The van der Waals surface area contributed by atoms with Crippen molar-refractivity contribution in [3.05, 3.63) is 36.0 Å². The predicted molar refractivity (Wildman–Crippen MR) is 115 cm³/mol. The predicted octanol–water partition coefficient (Wildman–Crippen LogP) is 4.91. The van der Waals surface area contributed by atoms with Crippen molar-refractivity contribution < 1.29 is 24.1 Å². The average molecular weight is 411 g/mol. The quantitative estimate of drug-likeness (QED) is 0.288. The Morgan fingerprint density at radius 2 is 2.00 bits per heavy atom. The van der Waals surface area contributed by atoms with Gasteiger partial charge in [-0.3, -0.25) is 4.79 Å². The fraction of sp³-hybridized carbons (Fsp3) is 0.708. The highest BCUT2D eigenvalue weighted by Crippen LogP contribution is 2.39. The van der Waals surface area contributed by atoms with Gasteiger partial charge in [0.25, 0.3) is 0 Å². The number of carbonyl (C=O) groups excluding carboxylic acids is 1. The molecule has 0 saturated heterocycles. The van der Waals surface area contributed by atoms with Crippen molar-refractivity contribution in [3.8, 4) is 0 Å². The third kappa shape index (κ3) is 8.83. The molecule has 166 valence electrons. The van der Waals surface area contributed by atoms with Crippen LogP contribution in [0.25, 0.3) is 0 Å². The van der Waals surface area contributed by atoms with E-state index < -0.39 is 18.4 Å². The number of alkyl halides is 1. The number of unbranched alkanes of at least 4 members (excludes halogenated alkanes) is 1. The highest BCUT2D eigenvalue weighted by molar-refractivity contribution is 5.69. The summed E-state index contributed by atoms with van der Waals surface area (Å²) in [4.78, 5) is 11.1. The van der Waals surface area contributed by atoms with Crippen molar-refractivity contribution >= 4 is 5.97 Å². The number of allylic oxidation sites excluding steroid dienone is 4. The third-order valence-electron chi connectivity index (χ3n) is 5.78. The SMILES string of the molecule is COC(=O)CCC/C=C\C[C@@H]1[C@@H](/C=C/[C@@H](O)C(C)(C)CC=C(C)C)[C@H](O)C[C@H]1F. The number of rotatable bonds is 11. The Balaban J connectivity index is 2.64. The van der Waals surface area contributed by atoms with Gasteiger partial charge in [0.1, 0.15) is 6.17 Å². The van der Waals surface area contributed by atoms with Crippen molar-refractivity contribution in [2.75, 3.05) is 7.11 Å². The van der Waals surface area contributed by atoms with Gasteiger partial charge in [-0.2, -0.15) is 0 Å². The zero-order valence-corrected chi connectivity index (χ0v) is 18.6. The average Bonchev–Trinajstić information content (AvgIpc) is 2.93. The van der Waals surface area contributed by atoms with E-state index in [1.807, 2.05) is 39.8 Å². The minimum atomic E-state index is -1.06. The smallest absolute Gasteiger partial charge is 0.305 e. The van der Waals surface area contributed by atoms with Crippen molar-refractivity contribution in [1.29, 1.82) is 0 Å². The number of esters is 1. The maximum atomic E-state index is 14.4. The summed E-state index contributed by atoms with van der Waals surface area (Å²) in [5.74, 6) is -0.831. The summed E-state index contributed by atoms with van der Waals surface area (Å²) < 4.78 is 19.0. The molecule has 0 spiro atoms. The Bertz CT molecular complexity index is 590. The first kappa shape index (κ1) is 25.6. The van der Waals surface area contributed by atoms with E-state index in [9.17, 15) is 19.4 Å². The highest BCUT2D eigenvalue weighted by Gasteiger charge is 2.41. The largest absolute Gasteiger partial charge is 0.469 e. The number of aliphatic hydroxyl groups excluding tert-OH is 2. The molecule has 2 N–H and O–H groups in total. The van der Waals surface area contributed by atoms with Gasteiger partial charge in [-0.15, -0.1) is 0 Å². The Morgan fingerprint density at radius 3 is 2.62 bits per heavy atom. The standard InChI is InChI=1S/C24H39FO4/c1-17(2)14-15-24(3,4)22(27)13-12-19-18(20(25)16-21(19)26)10-8-6-7-9-11-23(28)29-5/h6,8,12-14,18-22,26-27H,7,9-11,15-16H2,1-5H3/b8-6-,13-12+/t18-,19-,20-,21-,22-/m1/s1. The van der Waals surface area contributed by atoms with Crippen molar-refractivity contribution in [1.82, 2.24) is 0 Å². The van der Waals surface area contributed by atoms with Gasteiger partial charge < -0.3 is 14.9 Å². The van der Waals surface area contributed by atoms with E-state index in [2.05, 4.69) is 10.8 Å². The summed E-state index contributed by atoms with van der Waals surface area (Å²) in [5, 5.41) is 20.9. The molecule has 0 aliphatic heterocycles. The molecule has 0 amide bonds. The maximum absolute atomic E-state index is 14.4. The van der Waals surface area contributed by atoms with Gasteiger partial charge in [0.15, 0.2) is 0 Å². The lowest BCUT2D eigenvalue weighted by Crippen LogP contribution is -2.28. The number of ether oxygens (including phenoxy) is 1. The molecule has 5 heteroatoms. The van der Waals surface area contributed by atoms with Crippen LogP contribution in [0.1, 0.15) is 66.2 Å². The van der Waals surface area contributed by atoms with Crippen LogP contribution in [0.4, 0.5) is 4.39 Å². The second-order valence-corrected chi connectivity index (χ2v) is 9.04. The number of carbonyl (C=O) groups is 1. The lowest BCUT2D eigenvalue weighted by atomic mass is 9.81. The van der Waals surface area contributed by atoms with Crippen LogP contribution in [0.3, 0.4) is 0 Å². The van der Waals surface area contributed by atoms with Gasteiger partial charge in [-0.25, -0.2) is 4.39 Å². The molecule has 0 aromatic carbocycles. The molecule has 29 heavy (non-hydrogen) atoms. The second kappa shape index (κ2) is 12.3. The normalized spacial score (nSPS) is 26.2. The summed E-state index contributed by atoms with van der Waals surface area (Å²) in [6.45, 7) is 8.06. The minimum Gasteiger partial charge on any atom is -0.469 e. The summed E-state index contributed by atoms with van der Waals surface area (Å²) in [6.07, 6.45) is 10.3. The Hall–Kier alpha value is -1.46. The zero-order chi connectivity index (χ0) is 22.0. The lowest BCUT2D eigenvalue weighted by Gasteiger charge is -2.28. The molecule has 1 aliphatic rings. The van der Waals surface area contributed by atoms with E-state index in [0.717, 1.165) is 12.8 Å². The molecule has 5 atom stereocenters. The van der Waals surface area contributed by atoms with Gasteiger partial charge in [-0.05, 0) is 44.9 Å². The van der Waals surface area contributed by atoms with E-state index >= 15 is 0 Å². The second-order valence-electron chi connectivity index (χ2n) is 9.04. The number of hydrogen-bond donors (Lipinski definition) is 2. The molecule has 0 radical (unpaired) electrons. The zero-order valence-electron chi connectivity index (χ0n) is 18.6. The lowest BCUT2D eigenvalue weighted by molar-refractivity contribution is -0.140. The van der Waals surface area contributed by atoms with E-state index in [4.69, 9.17) is 0 Å². The number of hydrogen-bond acceptors (Lipinski definition) is 4. The monoisotopic (exact) mass is 410 g/mol. The molecular formula is C24H39FO4. The molecule has 0 aromatic heterocycles. The van der Waals surface area contributed by atoms with E-state index in [1.165, 1.54) is 12.7 Å². The molecule has 1 saturated carbocycles. The summed E-state index contributed by atoms with van der Waals surface area (Å²) in [6, 6.07) is 0. The van der Waals surface area contributed by atoms with Crippen LogP contribution in [0.2, 0.25) is 0 Å². The topological polar surface area (TPSA) is 66.8 Å². The number of aliphatic hydroxyl groups is 2. The molecule has 1 aliphatic carbocycles. The van der Waals surface area contributed by atoms with Crippen LogP contribution in [0.5, 0.6) is 0 Å². The van der Waals surface area contributed by atoms with Crippen LogP contribution in [-0.2, 0) is 9.53 Å². The number of methoxy groups -OCH3 is 1. The highest BCUT2D eigenvalue weighted by atomic mass is 19.1. The molecule has 0 unspecified atom stereocenters. The van der Waals surface area contributed by atoms with Gasteiger partial charge >= 0.3 is 5.97 Å². The first-order valence-corrected chi connectivity index (χ1v) is 10.6. The third-order valence-corrected chi connectivity index (χ3v) is 5.78. The van der Waals surface area contributed by atoms with Crippen LogP contribution < -0.4 is 0 Å². The van der Waals surface area contributed by atoms with E-state index in [0.29, 0.717) is 19.3 Å². The van der Waals surface area contributed by atoms with Gasteiger partial charge in [0.2, 0.25) is 0 Å². The molecular weight excluding hydrogens is 371 g/mol. The van der Waals surface area contributed by atoms with E-state index in [1.54, 1.807) is 12.2 Å². The van der Waals surface area contributed by atoms with Gasteiger partial charge in [0.05, 0.1) is 19.3 Å². The fourth-order valence-electron chi connectivity index (χ4n) is 3.58. The fourth-order valence-corrected chi connectivity index (χ4v) is 3.58. The minimum absolute atomic E-state index is 0.132. The summed E-state index contributed by atoms with van der Waals surface area (Å²) in [5.41, 5.74) is 0.876. The Labute approximate surface area is 175 Å².